The van der Waals surface area contributed by atoms with Gasteiger partial charge >= 0.3 is 0 Å². The molecule has 118 valence electrons. The number of likely N-dealkylation sites (N-methyl/N-ethyl adjacent to an activating group) is 1. The SMILES string of the molecule is CN(C)CC1CCCN1S(=O)(=O)Cc1ccc(CN)cc1. The van der Waals surface area contributed by atoms with E-state index in [4.69, 9.17) is 5.73 Å². The van der Waals surface area contributed by atoms with Crippen molar-refractivity contribution in [3.05, 3.63) is 35.4 Å². The molecule has 1 aliphatic rings. The summed E-state index contributed by atoms with van der Waals surface area (Å²) in [5, 5.41) is 0. The quantitative estimate of drug-likeness (QED) is 0.851. The molecule has 2 N–H and O–H groups in total. The molecule has 0 aromatic heterocycles. The fourth-order valence-electron chi connectivity index (χ4n) is 2.84. The number of hydrogen-bond acceptors (Lipinski definition) is 4. The van der Waals surface area contributed by atoms with Gasteiger partial charge in [-0.15, -0.1) is 0 Å². The lowest BCUT2D eigenvalue weighted by Gasteiger charge is -2.26. The van der Waals surface area contributed by atoms with Gasteiger partial charge in [-0.3, -0.25) is 0 Å². The van der Waals surface area contributed by atoms with E-state index in [2.05, 4.69) is 4.90 Å². The van der Waals surface area contributed by atoms with Crippen LogP contribution in [0.5, 0.6) is 0 Å². The maximum absolute atomic E-state index is 12.6. The molecule has 0 radical (unpaired) electrons. The number of benzene rings is 1. The molecule has 0 spiro atoms. The zero-order chi connectivity index (χ0) is 15.5. The molecule has 1 atom stereocenters. The van der Waals surface area contributed by atoms with Crippen LogP contribution in [-0.4, -0.2) is 50.8 Å². The molecule has 1 aromatic carbocycles. The first-order valence-electron chi connectivity index (χ1n) is 7.34. The lowest BCUT2D eigenvalue weighted by Crippen LogP contribution is -2.41. The Labute approximate surface area is 127 Å². The van der Waals surface area contributed by atoms with Crippen molar-refractivity contribution >= 4 is 10.0 Å². The molecule has 1 fully saturated rings. The Balaban J connectivity index is 2.09. The molecular weight excluding hydrogens is 286 g/mol. The number of hydrogen-bond donors (Lipinski definition) is 1. The van der Waals surface area contributed by atoms with Crippen LogP contribution in [0.3, 0.4) is 0 Å². The van der Waals surface area contributed by atoms with Crippen molar-refractivity contribution in [2.75, 3.05) is 27.2 Å². The average molecular weight is 311 g/mol. The van der Waals surface area contributed by atoms with Crippen LogP contribution in [0.2, 0.25) is 0 Å². The second-order valence-electron chi connectivity index (χ2n) is 5.95. The molecule has 1 heterocycles. The highest BCUT2D eigenvalue weighted by molar-refractivity contribution is 7.88. The van der Waals surface area contributed by atoms with Crippen molar-refractivity contribution in [2.45, 2.75) is 31.2 Å². The maximum atomic E-state index is 12.6. The van der Waals surface area contributed by atoms with Crippen LogP contribution in [0.25, 0.3) is 0 Å². The van der Waals surface area contributed by atoms with Gasteiger partial charge < -0.3 is 10.6 Å². The van der Waals surface area contributed by atoms with Gasteiger partial charge in [-0.2, -0.15) is 4.31 Å². The lowest BCUT2D eigenvalue weighted by molar-refractivity contribution is 0.291. The predicted molar refractivity (Wildman–Crippen MR) is 85.2 cm³/mol. The van der Waals surface area contributed by atoms with Crippen molar-refractivity contribution in [1.82, 2.24) is 9.21 Å². The topological polar surface area (TPSA) is 66.6 Å². The monoisotopic (exact) mass is 311 g/mol. The smallest absolute Gasteiger partial charge is 0.218 e. The third-order valence-corrected chi connectivity index (χ3v) is 5.76. The molecule has 0 bridgehead atoms. The molecule has 1 aliphatic heterocycles. The van der Waals surface area contributed by atoms with Crippen molar-refractivity contribution in [2.24, 2.45) is 5.73 Å². The van der Waals surface area contributed by atoms with E-state index in [0.717, 1.165) is 30.5 Å². The minimum absolute atomic E-state index is 0.0712. The molecule has 5 nitrogen and oxygen atoms in total. The normalized spacial score (nSPS) is 20.3. The summed E-state index contributed by atoms with van der Waals surface area (Å²) in [7, 11) is 0.710. The first-order chi connectivity index (χ1) is 9.92. The molecule has 2 rings (SSSR count). The maximum Gasteiger partial charge on any atom is 0.218 e. The number of nitrogens with two attached hydrogens (primary N) is 1. The summed E-state index contributed by atoms with van der Waals surface area (Å²) in [5.74, 6) is 0.0712. The summed E-state index contributed by atoms with van der Waals surface area (Å²) < 4.78 is 26.9. The van der Waals surface area contributed by atoms with Gasteiger partial charge in [-0.1, -0.05) is 24.3 Å². The van der Waals surface area contributed by atoms with E-state index in [0.29, 0.717) is 13.1 Å². The Morgan fingerprint density at radius 2 is 1.86 bits per heavy atom. The van der Waals surface area contributed by atoms with E-state index in [1.807, 2.05) is 38.4 Å². The van der Waals surface area contributed by atoms with Gasteiger partial charge in [0.25, 0.3) is 0 Å². The summed E-state index contributed by atoms with van der Waals surface area (Å²) in [6, 6.07) is 7.61. The Hall–Kier alpha value is -0.950. The van der Waals surface area contributed by atoms with Gasteiger partial charge in [0.05, 0.1) is 5.75 Å². The van der Waals surface area contributed by atoms with Crippen molar-refractivity contribution in [3.8, 4) is 0 Å². The van der Waals surface area contributed by atoms with Crippen molar-refractivity contribution in [1.29, 1.82) is 0 Å². The molecule has 6 heteroatoms. The largest absolute Gasteiger partial charge is 0.326 e. The third kappa shape index (κ3) is 4.26. The molecule has 1 saturated heterocycles. The van der Waals surface area contributed by atoms with E-state index < -0.39 is 10.0 Å². The van der Waals surface area contributed by atoms with Crippen LogP contribution in [0.15, 0.2) is 24.3 Å². The lowest BCUT2D eigenvalue weighted by atomic mass is 10.1. The average Bonchev–Trinajstić information content (AvgIpc) is 2.87. The Kier molecular flexibility index (Phi) is 5.37. The summed E-state index contributed by atoms with van der Waals surface area (Å²) in [6.45, 7) is 1.90. The van der Waals surface area contributed by atoms with Crippen LogP contribution >= 0.6 is 0 Å². The first kappa shape index (κ1) is 16.4. The molecule has 21 heavy (non-hydrogen) atoms. The fourth-order valence-corrected chi connectivity index (χ4v) is 4.66. The summed E-state index contributed by atoms with van der Waals surface area (Å²) in [6.07, 6.45) is 1.90. The predicted octanol–water partition coefficient (Wildman–Crippen LogP) is 1.00. The van der Waals surface area contributed by atoms with E-state index in [1.54, 1.807) is 4.31 Å². The van der Waals surface area contributed by atoms with E-state index in [1.165, 1.54) is 0 Å². The molecule has 0 saturated carbocycles. The van der Waals surface area contributed by atoms with Gasteiger partial charge in [0.15, 0.2) is 0 Å². The van der Waals surface area contributed by atoms with E-state index >= 15 is 0 Å². The van der Waals surface area contributed by atoms with Gasteiger partial charge in [0.1, 0.15) is 0 Å². The van der Waals surface area contributed by atoms with Gasteiger partial charge in [0, 0.05) is 25.7 Å². The zero-order valence-corrected chi connectivity index (χ0v) is 13.6. The second-order valence-corrected chi connectivity index (χ2v) is 7.87. The van der Waals surface area contributed by atoms with Crippen LogP contribution in [0.1, 0.15) is 24.0 Å². The van der Waals surface area contributed by atoms with Crippen LogP contribution in [-0.2, 0) is 22.3 Å². The van der Waals surface area contributed by atoms with E-state index in [-0.39, 0.29) is 11.8 Å². The second kappa shape index (κ2) is 6.87. The molecule has 1 aromatic rings. The minimum Gasteiger partial charge on any atom is -0.326 e. The van der Waals surface area contributed by atoms with Gasteiger partial charge in [0.2, 0.25) is 10.0 Å². The highest BCUT2D eigenvalue weighted by Gasteiger charge is 2.34. The molecular formula is C15H25N3O2S. The molecule has 1 unspecified atom stereocenters. The van der Waals surface area contributed by atoms with Gasteiger partial charge in [-0.05, 0) is 38.1 Å². The number of nitrogens with zero attached hydrogens (tertiary/aromatic N) is 2. The van der Waals surface area contributed by atoms with E-state index in [9.17, 15) is 8.42 Å². The van der Waals surface area contributed by atoms with Crippen LogP contribution in [0.4, 0.5) is 0 Å². The van der Waals surface area contributed by atoms with Crippen LogP contribution in [0, 0.1) is 0 Å². The summed E-state index contributed by atoms with van der Waals surface area (Å²) >= 11 is 0. The molecule has 0 amide bonds. The fraction of sp³-hybridized carbons (Fsp3) is 0.600. The highest BCUT2D eigenvalue weighted by Crippen LogP contribution is 2.24. The van der Waals surface area contributed by atoms with Crippen LogP contribution < -0.4 is 5.73 Å². The summed E-state index contributed by atoms with van der Waals surface area (Å²) in [4.78, 5) is 2.05. The number of rotatable bonds is 6. The van der Waals surface area contributed by atoms with Crippen molar-refractivity contribution in [3.63, 3.8) is 0 Å². The standard InChI is InChI=1S/C15H25N3O2S/c1-17(2)11-15-4-3-9-18(15)21(19,20)12-14-7-5-13(10-16)6-8-14/h5-8,15H,3-4,9-12,16H2,1-2H3. The van der Waals surface area contributed by atoms with Crippen molar-refractivity contribution < 1.29 is 8.42 Å². The first-order valence-corrected chi connectivity index (χ1v) is 8.95. The zero-order valence-electron chi connectivity index (χ0n) is 12.8. The third-order valence-electron chi connectivity index (χ3n) is 3.86. The number of sulfonamides is 1. The molecule has 0 aliphatic carbocycles. The highest BCUT2D eigenvalue weighted by atomic mass is 32.2. The van der Waals surface area contributed by atoms with Gasteiger partial charge in [-0.25, -0.2) is 8.42 Å². The Morgan fingerprint density at radius 3 is 2.43 bits per heavy atom. The minimum atomic E-state index is -3.25. The Bertz CT molecular complexity index is 555. The Morgan fingerprint density at radius 1 is 1.24 bits per heavy atom. The summed E-state index contributed by atoms with van der Waals surface area (Å²) in [5.41, 5.74) is 7.40.